The maximum atomic E-state index is 5.46. The van der Waals surface area contributed by atoms with Gasteiger partial charge >= 0.3 is 0 Å². The van der Waals surface area contributed by atoms with Gasteiger partial charge in [0.15, 0.2) is 5.96 Å². The molecule has 0 radical (unpaired) electrons. The second-order valence-electron chi connectivity index (χ2n) is 6.81. The predicted molar refractivity (Wildman–Crippen MR) is 104 cm³/mol. The Morgan fingerprint density at radius 2 is 2.23 bits per heavy atom. The average Bonchev–Trinajstić information content (AvgIpc) is 3.15. The second kappa shape index (κ2) is 9.73. The molecule has 1 N–H and O–H groups in total. The fourth-order valence-electron chi connectivity index (χ4n) is 3.60. The summed E-state index contributed by atoms with van der Waals surface area (Å²) in [7, 11) is 1.78. The molecule has 2 aliphatic rings. The van der Waals surface area contributed by atoms with Gasteiger partial charge in [0.25, 0.3) is 0 Å². The summed E-state index contributed by atoms with van der Waals surface area (Å²) < 4.78 is 10.8. The van der Waals surface area contributed by atoms with Crippen molar-refractivity contribution in [1.82, 2.24) is 15.2 Å². The van der Waals surface area contributed by atoms with Crippen LogP contribution in [0.3, 0.4) is 0 Å². The first-order valence-electron chi connectivity index (χ1n) is 9.60. The molecule has 0 bridgehead atoms. The van der Waals surface area contributed by atoms with Crippen molar-refractivity contribution in [1.29, 1.82) is 0 Å². The summed E-state index contributed by atoms with van der Waals surface area (Å²) in [5.41, 5.74) is 1.16. The van der Waals surface area contributed by atoms with E-state index in [1.54, 1.807) is 7.11 Å². The molecule has 0 aliphatic carbocycles. The average molecular weight is 361 g/mol. The first kappa shape index (κ1) is 18.9. The molecule has 2 saturated heterocycles. The van der Waals surface area contributed by atoms with Gasteiger partial charge in [-0.2, -0.15) is 0 Å². The number of guanidine groups is 1. The first-order valence-corrected chi connectivity index (χ1v) is 9.60. The van der Waals surface area contributed by atoms with E-state index in [9.17, 15) is 0 Å². The Bertz CT molecular complexity index is 589. The highest BCUT2D eigenvalue weighted by molar-refractivity contribution is 5.80. The Balaban J connectivity index is 1.70. The zero-order valence-electron chi connectivity index (χ0n) is 16.0. The summed E-state index contributed by atoms with van der Waals surface area (Å²) in [4.78, 5) is 14.2. The van der Waals surface area contributed by atoms with E-state index in [1.807, 2.05) is 12.3 Å². The summed E-state index contributed by atoms with van der Waals surface area (Å²) in [6, 6.07) is 4.12. The number of rotatable bonds is 6. The van der Waals surface area contributed by atoms with Crippen molar-refractivity contribution < 1.29 is 9.47 Å². The summed E-state index contributed by atoms with van der Waals surface area (Å²) in [5.74, 6) is 2.61. The molecule has 3 rings (SSSR count). The molecule has 3 heterocycles. The fourth-order valence-corrected chi connectivity index (χ4v) is 3.60. The zero-order chi connectivity index (χ0) is 18.2. The highest BCUT2D eigenvalue weighted by atomic mass is 16.5. The van der Waals surface area contributed by atoms with Crippen LogP contribution in [0.1, 0.15) is 18.9 Å². The van der Waals surface area contributed by atoms with Gasteiger partial charge in [0.2, 0.25) is 0 Å². The van der Waals surface area contributed by atoms with Crippen molar-refractivity contribution in [2.75, 3.05) is 64.6 Å². The molecule has 26 heavy (non-hydrogen) atoms. The minimum atomic E-state index is 0.589. The standard InChI is InChI=1S/C19H31N5O2/c1-3-20-19(24-8-6-16(14-24)15-25-2)22-13-17-5-4-7-21-18(17)23-9-11-26-12-10-23/h4-5,7,16H,3,6,8-15H2,1-2H3,(H,20,22). The Labute approximate surface area is 156 Å². The van der Waals surface area contributed by atoms with Gasteiger partial charge in [-0.15, -0.1) is 0 Å². The van der Waals surface area contributed by atoms with Crippen molar-refractivity contribution in [3.8, 4) is 0 Å². The van der Waals surface area contributed by atoms with Gasteiger partial charge in [-0.25, -0.2) is 9.98 Å². The number of pyridine rings is 1. The highest BCUT2D eigenvalue weighted by Gasteiger charge is 2.25. The van der Waals surface area contributed by atoms with E-state index in [4.69, 9.17) is 14.5 Å². The maximum absolute atomic E-state index is 5.46. The lowest BCUT2D eigenvalue weighted by Crippen LogP contribution is -2.40. The van der Waals surface area contributed by atoms with Crippen LogP contribution in [0.25, 0.3) is 0 Å². The van der Waals surface area contributed by atoms with Crippen molar-refractivity contribution in [2.45, 2.75) is 19.9 Å². The molecule has 0 amide bonds. The Morgan fingerprint density at radius 1 is 1.38 bits per heavy atom. The van der Waals surface area contributed by atoms with E-state index in [0.29, 0.717) is 12.5 Å². The van der Waals surface area contributed by atoms with E-state index < -0.39 is 0 Å². The van der Waals surface area contributed by atoms with E-state index in [-0.39, 0.29) is 0 Å². The lowest BCUT2D eigenvalue weighted by atomic mass is 10.1. The number of aromatic nitrogens is 1. The smallest absolute Gasteiger partial charge is 0.194 e. The number of likely N-dealkylation sites (tertiary alicyclic amines) is 1. The Morgan fingerprint density at radius 3 is 3.00 bits per heavy atom. The third-order valence-electron chi connectivity index (χ3n) is 4.90. The summed E-state index contributed by atoms with van der Waals surface area (Å²) in [5, 5.41) is 3.44. The molecule has 1 aromatic heterocycles. The van der Waals surface area contributed by atoms with Gasteiger partial charge in [0.05, 0.1) is 26.4 Å². The Hall–Kier alpha value is -1.86. The third kappa shape index (κ3) is 4.86. The van der Waals surface area contributed by atoms with Gasteiger partial charge in [-0.05, 0) is 19.4 Å². The number of anilines is 1. The molecule has 1 atom stereocenters. The maximum Gasteiger partial charge on any atom is 0.194 e. The van der Waals surface area contributed by atoms with Crippen molar-refractivity contribution in [3.63, 3.8) is 0 Å². The molecule has 0 aromatic carbocycles. The van der Waals surface area contributed by atoms with Crippen LogP contribution in [-0.2, 0) is 16.0 Å². The molecule has 144 valence electrons. The fraction of sp³-hybridized carbons (Fsp3) is 0.684. The molecule has 1 unspecified atom stereocenters. The van der Waals surface area contributed by atoms with Crippen molar-refractivity contribution in [3.05, 3.63) is 23.9 Å². The van der Waals surface area contributed by atoms with E-state index in [0.717, 1.165) is 76.3 Å². The lowest BCUT2D eigenvalue weighted by molar-refractivity contribution is 0.122. The van der Waals surface area contributed by atoms with Gasteiger partial charge in [0, 0.05) is 57.5 Å². The van der Waals surface area contributed by atoms with E-state index in [2.05, 4.69) is 33.1 Å². The van der Waals surface area contributed by atoms with Crippen LogP contribution < -0.4 is 10.2 Å². The largest absolute Gasteiger partial charge is 0.384 e. The van der Waals surface area contributed by atoms with E-state index >= 15 is 0 Å². The van der Waals surface area contributed by atoms with Crippen molar-refractivity contribution in [2.24, 2.45) is 10.9 Å². The number of morpholine rings is 1. The SMILES string of the molecule is CCNC(=NCc1cccnc1N1CCOCC1)N1CCC(COC)C1. The molecular formula is C19H31N5O2. The molecule has 7 nitrogen and oxygen atoms in total. The number of ether oxygens (including phenoxy) is 2. The van der Waals surface area contributed by atoms with Gasteiger partial charge in [0.1, 0.15) is 5.82 Å². The van der Waals surface area contributed by atoms with Crippen molar-refractivity contribution >= 4 is 11.8 Å². The molecule has 7 heteroatoms. The Kier molecular flexibility index (Phi) is 7.08. The van der Waals surface area contributed by atoms with Crippen LogP contribution in [0.2, 0.25) is 0 Å². The van der Waals surface area contributed by atoms with Crippen LogP contribution in [0, 0.1) is 5.92 Å². The normalized spacial score (nSPS) is 21.3. The molecule has 1 aromatic rings. The predicted octanol–water partition coefficient (Wildman–Crippen LogP) is 1.35. The first-order chi connectivity index (χ1) is 12.8. The zero-order valence-corrected chi connectivity index (χ0v) is 16.0. The third-order valence-corrected chi connectivity index (χ3v) is 4.90. The number of aliphatic imine (C=N–C) groups is 1. The monoisotopic (exact) mass is 361 g/mol. The number of nitrogens with zero attached hydrogens (tertiary/aromatic N) is 4. The van der Waals surface area contributed by atoms with Crippen LogP contribution in [0.4, 0.5) is 5.82 Å². The van der Waals surface area contributed by atoms with Crippen LogP contribution in [-0.4, -0.2) is 75.5 Å². The highest BCUT2D eigenvalue weighted by Crippen LogP contribution is 2.20. The second-order valence-corrected chi connectivity index (χ2v) is 6.81. The van der Waals surface area contributed by atoms with E-state index in [1.165, 1.54) is 0 Å². The topological polar surface area (TPSA) is 62.2 Å². The van der Waals surface area contributed by atoms with Gasteiger partial charge in [-0.3, -0.25) is 0 Å². The summed E-state index contributed by atoms with van der Waals surface area (Å²) in [6.45, 7) is 9.76. The number of methoxy groups -OCH3 is 1. The van der Waals surface area contributed by atoms with Gasteiger partial charge < -0.3 is 24.6 Å². The number of nitrogens with one attached hydrogen (secondary N) is 1. The summed E-state index contributed by atoms with van der Waals surface area (Å²) >= 11 is 0. The number of hydrogen-bond donors (Lipinski definition) is 1. The minimum absolute atomic E-state index is 0.589. The molecule has 0 saturated carbocycles. The number of hydrogen-bond acceptors (Lipinski definition) is 5. The van der Waals surface area contributed by atoms with Gasteiger partial charge in [-0.1, -0.05) is 6.07 Å². The summed E-state index contributed by atoms with van der Waals surface area (Å²) in [6.07, 6.45) is 3.02. The molecule has 2 aliphatic heterocycles. The molecule has 2 fully saturated rings. The van der Waals surface area contributed by atoms with Crippen LogP contribution in [0.15, 0.2) is 23.3 Å². The molecular weight excluding hydrogens is 330 g/mol. The molecule has 0 spiro atoms. The quantitative estimate of drug-likeness (QED) is 0.610. The lowest BCUT2D eigenvalue weighted by Gasteiger charge is -2.29. The van der Waals surface area contributed by atoms with Crippen LogP contribution >= 0.6 is 0 Å². The minimum Gasteiger partial charge on any atom is -0.384 e. The van der Waals surface area contributed by atoms with Crippen LogP contribution in [0.5, 0.6) is 0 Å².